The summed E-state index contributed by atoms with van der Waals surface area (Å²) in [4.78, 5) is 10.6. The van der Waals surface area contributed by atoms with Crippen molar-refractivity contribution in [3.8, 4) is 0 Å². The zero-order chi connectivity index (χ0) is 11.6. The van der Waals surface area contributed by atoms with E-state index in [0.717, 1.165) is 6.26 Å². The maximum Gasteiger partial charge on any atom is 0.358 e. The highest BCUT2D eigenvalue weighted by atomic mass is 32.2. The molecule has 0 aliphatic rings. The van der Waals surface area contributed by atoms with Crippen LogP contribution in [0.25, 0.3) is 0 Å². The van der Waals surface area contributed by atoms with Crippen LogP contribution in [0, 0.1) is 6.92 Å². The zero-order valence-electron chi connectivity index (χ0n) is 8.34. The minimum absolute atomic E-state index is 0.0870. The van der Waals surface area contributed by atoms with E-state index in [4.69, 9.17) is 5.11 Å². The molecule has 0 atom stereocenters. The number of sulfone groups is 1. The predicted molar refractivity (Wildman–Crippen MR) is 51.4 cm³/mol. The van der Waals surface area contributed by atoms with Crippen LogP contribution in [0.4, 0.5) is 0 Å². The van der Waals surface area contributed by atoms with Gasteiger partial charge >= 0.3 is 5.97 Å². The lowest BCUT2D eigenvalue weighted by Gasteiger charge is -2.01. The molecule has 0 aliphatic heterocycles. The molecule has 1 N–H and O–H groups in total. The number of aryl methyl sites for hydroxylation is 1. The summed E-state index contributed by atoms with van der Waals surface area (Å²) in [6, 6.07) is 0. The van der Waals surface area contributed by atoms with Gasteiger partial charge < -0.3 is 5.11 Å². The van der Waals surface area contributed by atoms with E-state index in [1.54, 1.807) is 0 Å². The summed E-state index contributed by atoms with van der Waals surface area (Å²) in [5.41, 5.74) is 0.203. The van der Waals surface area contributed by atoms with Gasteiger partial charge in [0.2, 0.25) is 0 Å². The van der Waals surface area contributed by atoms with Gasteiger partial charge in [-0.1, -0.05) is 5.21 Å². The van der Waals surface area contributed by atoms with Gasteiger partial charge in [0.15, 0.2) is 5.69 Å². The Morgan fingerprint density at radius 3 is 2.53 bits per heavy atom. The minimum atomic E-state index is -3.09. The predicted octanol–water partition coefficient (Wildman–Crippen LogP) is -0.671. The first kappa shape index (κ1) is 11.6. The molecule has 0 unspecified atom stereocenters. The van der Waals surface area contributed by atoms with E-state index in [9.17, 15) is 13.2 Å². The molecule has 0 fully saturated rings. The second-order valence-electron chi connectivity index (χ2n) is 3.18. The van der Waals surface area contributed by atoms with Crippen molar-refractivity contribution in [2.24, 2.45) is 0 Å². The van der Waals surface area contributed by atoms with Gasteiger partial charge in [0.05, 0.1) is 18.0 Å². The maximum atomic E-state index is 10.9. The fourth-order valence-corrected chi connectivity index (χ4v) is 1.53. The SMILES string of the molecule is Cc1c(C(=O)O)nnn1CCS(C)(=O)=O. The van der Waals surface area contributed by atoms with E-state index in [1.165, 1.54) is 11.6 Å². The number of hydrogen-bond acceptors (Lipinski definition) is 5. The normalized spacial score (nSPS) is 11.6. The van der Waals surface area contributed by atoms with Crippen molar-refractivity contribution in [1.82, 2.24) is 15.0 Å². The average molecular weight is 233 g/mol. The summed E-state index contributed by atoms with van der Waals surface area (Å²) in [5, 5.41) is 15.7. The standard InChI is InChI=1S/C7H11N3O4S/c1-5-6(7(11)12)8-9-10(5)3-4-15(2,13)14/h3-4H2,1-2H3,(H,11,12). The number of carbonyl (C=O) groups is 1. The number of hydrogen-bond donors (Lipinski definition) is 1. The minimum Gasteiger partial charge on any atom is -0.476 e. The van der Waals surface area contributed by atoms with Gasteiger partial charge in [0, 0.05) is 6.26 Å². The molecule has 0 aliphatic carbocycles. The highest BCUT2D eigenvalue weighted by Crippen LogP contribution is 2.03. The van der Waals surface area contributed by atoms with Crippen molar-refractivity contribution in [3.63, 3.8) is 0 Å². The van der Waals surface area contributed by atoms with Crippen molar-refractivity contribution in [3.05, 3.63) is 11.4 Å². The quantitative estimate of drug-likeness (QED) is 0.739. The van der Waals surface area contributed by atoms with E-state index in [0.29, 0.717) is 5.69 Å². The van der Waals surface area contributed by atoms with Crippen LogP contribution in [-0.2, 0) is 16.4 Å². The summed E-state index contributed by atoms with van der Waals surface area (Å²) in [6.45, 7) is 1.65. The largest absolute Gasteiger partial charge is 0.476 e. The molecule has 1 heterocycles. The molecule has 0 amide bonds. The Morgan fingerprint density at radius 1 is 1.53 bits per heavy atom. The average Bonchev–Trinajstić information content (AvgIpc) is 2.42. The first-order chi connectivity index (χ1) is 6.81. The number of rotatable bonds is 4. The molecule has 0 spiro atoms. The number of carboxylic acid groups (broad SMARTS) is 1. The first-order valence-corrected chi connectivity index (χ1v) is 6.18. The fraction of sp³-hybridized carbons (Fsp3) is 0.571. The Morgan fingerprint density at radius 2 is 2.13 bits per heavy atom. The van der Waals surface area contributed by atoms with Crippen LogP contribution in [-0.4, -0.2) is 46.5 Å². The Bertz CT molecular complexity index is 476. The summed E-state index contributed by atoms with van der Waals surface area (Å²) in [7, 11) is -3.09. The Hall–Kier alpha value is -1.44. The third kappa shape index (κ3) is 3.01. The van der Waals surface area contributed by atoms with E-state index in [2.05, 4.69) is 10.3 Å². The molecule has 0 aromatic carbocycles. The van der Waals surface area contributed by atoms with Crippen molar-refractivity contribution in [1.29, 1.82) is 0 Å². The third-order valence-electron chi connectivity index (χ3n) is 1.86. The molecular weight excluding hydrogens is 222 g/mol. The number of aromatic carboxylic acids is 1. The second kappa shape index (κ2) is 3.97. The summed E-state index contributed by atoms with van der Waals surface area (Å²) >= 11 is 0. The highest BCUT2D eigenvalue weighted by Gasteiger charge is 2.15. The smallest absolute Gasteiger partial charge is 0.358 e. The van der Waals surface area contributed by atoms with Gasteiger partial charge in [-0.25, -0.2) is 17.9 Å². The molecule has 1 rings (SSSR count). The third-order valence-corrected chi connectivity index (χ3v) is 2.78. The van der Waals surface area contributed by atoms with Crippen LogP contribution >= 0.6 is 0 Å². The van der Waals surface area contributed by atoms with E-state index < -0.39 is 15.8 Å². The number of aromatic nitrogens is 3. The number of nitrogens with zero attached hydrogens (tertiary/aromatic N) is 3. The van der Waals surface area contributed by atoms with Crippen molar-refractivity contribution in [2.75, 3.05) is 12.0 Å². The van der Waals surface area contributed by atoms with Crippen molar-refractivity contribution < 1.29 is 18.3 Å². The summed E-state index contributed by atoms with van der Waals surface area (Å²) < 4.78 is 23.0. The maximum absolute atomic E-state index is 10.9. The zero-order valence-corrected chi connectivity index (χ0v) is 9.15. The lowest BCUT2D eigenvalue weighted by atomic mass is 10.3. The molecular formula is C7H11N3O4S. The van der Waals surface area contributed by atoms with Crippen LogP contribution in [0.1, 0.15) is 16.2 Å². The van der Waals surface area contributed by atoms with Crippen molar-refractivity contribution in [2.45, 2.75) is 13.5 Å². The summed E-state index contributed by atoms with van der Waals surface area (Å²) in [6.07, 6.45) is 1.11. The molecule has 0 saturated heterocycles. The van der Waals surface area contributed by atoms with Crippen LogP contribution in [0.2, 0.25) is 0 Å². The molecule has 15 heavy (non-hydrogen) atoms. The van der Waals surface area contributed by atoms with Gasteiger partial charge in [-0.15, -0.1) is 5.10 Å². The second-order valence-corrected chi connectivity index (χ2v) is 5.44. The molecule has 7 nitrogen and oxygen atoms in total. The van der Waals surface area contributed by atoms with Crippen LogP contribution in [0.15, 0.2) is 0 Å². The molecule has 8 heteroatoms. The van der Waals surface area contributed by atoms with Gasteiger partial charge in [-0.05, 0) is 6.92 Å². The first-order valence-electron chi connectivity index (χ1n) is 4.12. The molecule has 1 aromatic heterocycles. The Labute approximate surface area is 86.6 Å². The van der Waals surface area contributed by atoms with E-state index in [-0.39, 0.29) is 18.0 Å². The van der Waals surface area contributed by atoms with Crippen molar-refractivity contribution >= 4 is 15.8 Å². The fourth-order valence-electron chi connectivity index (χ4n) is 1.02. The van der Waals surface area contributed by atoms with E-state index >= 15 is 0 Å². The topological polar surface area (TPSA) is 102 Å². The van der Waals surface area contributed by atoms with Gasteiger partial charge in [-0.3, -0.25) is 0 Å². The van der Waals surface area contributed by atoms with Gasteiger partial charge in [0.25, 0.3) is 0 Å². The van der Waals surface area contributed by atoms with Gasteiger partial charge in [-0.2, -0.15) is 0 Å². The molecule has 0 radical (unpaired) electrons. The molecule has 1 aromatic rings. The lowest BCUT2D eigenvalue weighted by molar-refractivity contribution is 0.0689. The monoisotopic (exact) mass is 233 g/mol. The molecule has 84 valence electrons. The van der Waals surface area contributed by atoms with Crippen LogP contribution < -0.4 is 0 Å². The Balaban J connectivity index is 2.84. The summed E-state index contributed by atoms with van der Waals surface area (Å²) in [5.74, 6) is -1.26. The highest BCUT2D eigenvalue weighted by molar-refractivity contribution is 7.90. The lowest BCUT2D eigenvalue weighted by Crippen LogP contribution is -2.13. The number of carboxylic acids is 1. The Kier molecular flexibility index (Phi) is 3.08. The van der Waals surface area contributed by atoms with E-state index in [1.807, 2.05) is 0 Å². The van der Waals surface area contributed by atoms with Gasteiger partial charge in [0.1, 0.15) is 9.84 Å². The molecule has 0 saturated carbocycles. The van der Waals surface area contributed by atoms with Crippen LogP contribution in [0.3, 0.4) is 0 Å². The molecule has 0 bridgehead atoms. The van der Waals surface area contributed by atoms with Crippen LogP contribution in [0.5, 0.6) is 0 Å².